The summed E-state index contributed by atoms with van der Waals surface area (Å²) in [5.41, 5.74) is 2.17. The monoisotopic (exact) mass is 308 g/mol. The number of nitrogens with one attached hydrogen (secondary N) is 2. The Hall–Kier alpha value is -3.15. The van der Waals surface area contributed by atoms with Crippen molar-refractivity contribution in [1.82, 2.24) is 15.3 Å². The molecule has 0 aliphatic heterocycles. The van der Waals surface area contributed by atoms with Crippen molar-refractivity contribution in [2.75, 3.05) is 5.32 Å². The van der Waals surface area contributed by atoms with Crippen molar-refractivity contribution in [1.29, 1.82) is 0 Å². The lowest BCUT2D eigenvalue weighted by atomic mass is 10.2. The Morgan fingerprint density at radius 3 is 2.87 bits per heavy atom. The first-order valence-electron chi connectivity index (χ1n) is 7.21. The van der Waals surface area contributed by atoms with Gasteiger partial charge in [-0.1, -0.05) is 6.07 Å². The van der Waals surface area contributed by atoms with Gasteiger partial charge in [-0.25, -0.2) is 0 Å². The molecule has 0 bridgehead atoms. The fourth-order valence-corrected chi connectivity index (χ4v) is 2.04. The van der Waals surface area contributed by atoms with Gasteiger partial charge in [-0.2, -0.15) is 0 Å². The largest absolute Gasteiger partial charge is 0.467 e. The van der Waals surface area contributed by atoms with Gasteiger partial charge in [0.15, 0.2) is 0 Å². The van der Waals surface area contributed by atoms with Crippen LogP contribution in [-0.4, -0.2) is 15.9 Å². The van der Waals surface area contributed by atoms with Gasteiger partial charge in [0.05, 0.1) is 36.3 Å². The molecule has 0 aromatic carbocycles. The smallest absolute Gasteiger partial charge is 0.253 e. The van der Waals surface area contributed by atoms with Crippen LogP contribution in [0.5, 0.6) is 0 Å². The van der Waals surface area contributed by atoms with Gasteiger partial charge in [-0.3, -0.25) is 14.8 Å². The highest BCUT2D eigenvalue weighted by molar-refractivity contribution is 5.94. The Balaban J connectivity index is 1.59. The highest BCUT2D eigenvalue weighted by Gasteiger charge is 2.07. The average Bonchev–Trinajstić information content (AvgIpc) is 3.12. The van der Waals surface area contributed by atoms with E-state index in [2.05, 4.69) is 20.6 Å². The lowest BCUT2D eigenvalue weighted by Crippen LogP contribution is -2.22. The van der Waals surface area contributed by atoms with Crippen molar-refractivity contribution in [2.45, 2.75) is 13.1 Å². The Labute approximate surface area is 133 Å². The quantitative estimate of drug-likeness (QED) is 0.731. The van der Waals surface area contributed by atoms with Crippen LogP contribution in [0.25, 0.3) is 0 Å². The molecule has 3 aromatic rings. The number of hydrogen-bond acceptors (Lipinski definition) is 5. The summed E-state index contributed by atoms with van der Waals surface area (Å²) in [5, 5.41) is 5.99. The summed E-state index contributed by atoms with van der Waals surface area (Å²) < 4.78 is 5.18. The summed E-state index contributed by atoms with van der Waals surface area (Å²) in [6.07, 6.45) is 6.52. The number of carbonyl (C=O) groups is 1. The van der Waals surface area contributed by atoms with Crippen molar-refractivity contribution in [3.63, 3.8) is 0 Å². The van der Waals surface area contributed by atoms with E-state index in [4.69, 9.17) is 4.42 Å². The molecule has 116 valence electrons. The zero-order chi connectivity index (χ0) is 15.9. The maximum absolute atomic E-state index is 12.1. The van der Waals surface area contributed by atoms with Gasteiger partial charge >= 0.3 is 0 Å². The fourth-order valence-electron chi connectivity index (χ4n) is 2.04. The minimum atomic E-state index is -0.199. The molecular formula is C17H16N4O2. The van der Waals surface area contributed by atoms with Crippen LogP contribution < -0.4 is 10.6 Å². The van der Waals surface area contributed by atoms with Gasteiger partial charge in [0.2, 0.25) is 0 Å². The molecule has 3 aromatic heterocycles. The number of rotatable bonds is 6. The third-order valence-electron chi connectivity index (χ3n) is 3.20. The second-order valence-corrected chi connectivity index (χ2v) is 4.90. The van der Waals surface area contributed by atoms with Gasteiger partial charge in [0, 0.05) is 18.6 Å². The molecule has 0 unspecified atom stereocenters. The molecule has 1 amide bonds. The minimum Gasteiger partial charge on any atom is -0.467 e. The van der Waals surface area contributed by atoms with Crippen LogP contribution in [0.1, 0.15) is 21.8 Å². The molecule has 23 heavy (non-hydrogen) atoms. The third kappa shape index (κ3) is 4.16. The molecule has 0 saturated carbocycles. The number of carbonyl (C=O) groups excluding carboxylic acids is 1. The zero-order valence-electron chi connectivity index (χ0n) is 12.4. The normalized spacial score (nSPS) is 10.3. The van der Waals surface area contributed by atoms with Crippen LogP contribution >= 0.6 is 0 Å². The first-order chi connectivity index (χ1) is 11.3. The standard InChI is InChI=1S/C17H16N4O2/c22-17(21-12-16-5-3-7-23-16)13-8-15(10-18-9-13)20-11-14-4-1-2-6-19-14/h1-10,20H,11-12H2,(H,21,22). The van der Waals surface area contributed by atoms with E-state index in [1.165, 1.54) is 6.20 Å². The lowest BCUT2D eigenvalue weighted by Gasteiger charge is -2.08. The van der Waals surface area contributed by atoms with Gasteiger partial charge in [-0.05, 0) is 30.3 Å². The number of nitrogens with zero attached hydrogens (tertiary/aromatic N) is 2. The molecular weight excluding hydrogens is 292 g/mol. The Morgan fingerprint density at radius 2 is 2.09 bits per heavy atom. The maximum atomic E-state index is 12.1. The van der Waals surface area contributed by atoms with Crippen LogP contribution in [-0.2, 0) is 13.1 Å². The number of anilines is 1. The molecule has 0 aliphatic rings. The minimum absolute atomic E-state index is 0.199. The maximum Gasteiger partial charge on any atom is 0.253 e. The van der Waals surface area contributed by atoms with E-state index < -0.39 is 0 Å². The van der Waals surface area contributed by atoms with Crippen LogP contribution in [0.15, 0.2) is 65.7 Å². The molecule has 0 radical (unpaired) electrons. The van der Waals surface area contributed by atoms with Crippen molar-refractivity contribution in [2.24, 2.45) is 0 Å². The van der Waals surface area contributed by atoms with Gasteiger partial charge in [0.1, 0.15) is 5.76 Å². The summed E-state index contributed by atoms with van der Waals surface area (Å²) in [4.78, 5) is 20.5. The first-order valence-corrected chi connectivity index (χ1v) is 7.21. The highest BCUT2D eigenvalue weighted by Crippen LogP contribution is 2.10. The SMILES string of the molecule is O=C(NCc1ccco1)c1cncc(NCc2ccccn2)c1. The second kappa shape index (κ2) is 7.22. The fraction of sp³-hybridized carbons (Fsp3) is 0.118. The third-order valence-corrected chi connectivity index (χ3v) is 3.20. The lowest BCUT2D eigenvalue weighted by molar-refractivity contribution is 0.0947. The van der Waals surface area contributed by atoms with E-state index in [0.29, 0.717) is 24.4 Å². The summed E-state index contributed by atoms with van der Waals surface area (Å²) in [5.74, 6) is 0.506. The van der Waals surface area contributed by atoms with Crippen LogP contribution in [0.2, 0.25) is 0 Å². The first kappa shape index (κ1) is 14.8. The van der Waals surface area contributed by atoms with E-state index in [1.807, 2.05) is 24.3 Å². The summed E-state index contributed by atoms with van der Waals surface area (Å²) in [7, 11) is 0. The molecule has 0 aliphatic carbocycles. The van der Waals surface area contributed by atoms with Crippen molar-refractivity contribution in [3.8, 4) is 0 Å². The van der Waals surface area contributed by atoms with Crippen molar-refractivity contribution < 1.29 is 9.21 Å². The number of hydrogen-bond donors (Lipinski definition) is 2. The number of amides is 1. The highest BCUT2D eigenvalue weighted by atomic mass is 16.3. The predicted molar refractivity (Wildman–Crippen MR) is 85.7 cm³/mol. The predicted octanol–water partition coefficient (Wildman–Crippen LogP) is 2.61. The molecule has 2 N–H and O–H groups in total. The van der Waals surface area contributed by atoms with E-state index in [-0.39, 0.29) is 5.91 Å². The van der Waals surface area contributed by atoms with Crippen molar-refractivity contribution in [3.05, 3.63) is 78.3 Å². The van der Waals surface area contributed by atoms with Gasteiger partial charge in [-0.15, -0.1) is 0 Å². The zero-order valence-corrected chi connectivity index (χ0v) is 12.4. The van der Waals surface area contributed by atoms with E-state index in [1.54, 1.807) is 30.8 Å². The van der Waals surface area contributed by atoms with E-state index in [9.17, 15) is 4.79 Å². The Morgan fingerprint density at radius 1 is 1.13 bits per heavy atom. The summed E-state index contributed by atoms with van der Waals surface area (Å²) in [6, 6.07) is 11.1. The van der Waals surface area contributed by atoms with Gasteiger partial charge < -0.3 is 15.1 Å². The number of furan rings is 1. The molecule has 0 fully saturated rings. The second-order valence-electron chi connectivity index (χ2n) is 4.90. The van der Waals surface area contributed by atoms with Crippen LogP contribution in [0.3, 0.4) is 0 Å². The molecule has 3 rings (SSSR count). The van der Waals surface area contributed by atoms with Crippen molar-refractivity contribution >= 4 is 11.6 Å². The average molecular weight is 308 g/mol. The molecule has 3 heterocycles. The van der Waals surface area contributed by atoms with Crippen LogP contribution in [0.4, 0.5) is 5.69 Å². The molecule has 6 nitrogen and oxygen atoms in total. The molecule has 6 heteroatoms. The topological polar surface area (TPSA) is 80.0 Å². The molecule has 0 spiro atoms. The van der Waals surface area contributed by atoms with Crippen LogP contribution in [0, 0.1) is 0 Å². The molecule has 0 atom stereocenters. The number of aromatic nitrogens is 2. The number of pyridine rings is 2. The van der Waals surface area contributed by atoms with E-state index >= 15 is 0 Å². The van der Waals surface area contributed by atoms with Gasteiger partial charge in [0.25, 0.3) is 5.91 Å². The van der Waals surface area contributed by atoms with E-state index in [0.717, 1.165) is 11.4 Å². The Bertz CT molecular complexity index is 757. The summed E-state index contributed by atoms with van der Waals surface area (Å²) >= 11 is 0. The summed E-state index contributed by atoms with van der Waals surface area (Å²) in [6.45, 7) is 0.914. The Kier molecular flexibility index (Phi) is 4.63. The molecule has 0 saturated heterocycles.